The van der Waals surface area contributed by atoms with Gasteiger partial charge >= 0.3 is 0 Å². The number of hydrogen-bond acceptors (Lipinski definition) is 4. The van der Waals surface area contributed by atoms with Crippen LogP contribution in [0.3, 0.4) is 0 Å². The SMILES string of the molecule is CN1CCN(C)C1.CS(=O)(=O)O. The number of rotatable bonds is 0. The van der Waals surface area contributed by atoms with Gasteiger partial charge in [-0.15, -0.1) is 0 Å². The molecule has 0 unspecified atom stereocenters. The van der Waals surface area contributed by atoms with Crippen LogP contribution in [0.25, 0.3) is 0 Å². The Kier molecular flexibility index (Phi) is 4.69. The zero-order valence-corrected chi connectivity index (χ0v) is 8.50. The van der Waals surface area contributed by atoms with Crippen LogP contribution in [0.5, 0.6) is 0 Å². The highest BCUT2D eigenvalue weighted by molar-refractivity contribution is 7.85. The Balaban J connectivity index is 0.000000217. The molecule has 1 aliphatic heterocycles. The fraction of sp³-hybridized carbons (Fsp3) is 1.00. The minimum atomic E-state index is -3.67. The molecule has 0 amide bonds. The second-order valence-electron chi connectivity index (χ2n) is 3.03. The summed E-state index contributed by atoms with van der Waals surface area (Å²) in [5.74, 6) is 0. The Morgan fingerprint density at radius 2 is 1.42 bits per heavy atom. The van der Waals surface area contributed by atoms with Crippen molar-refractivity contribution in [1.82, 2.24) is 9.80 Å². The van der Waals surface area contributed by atoms with Crippen LogP contribution in [-0.4, -0.2) is 62.9 Å². The zero-order valence-electron chi connectivity index (χ0n) is 7.69. The van der Waals surface area contributed by atoms with Gasteiger partial charge in [0.1, 0.15) is 0 Å². The third-order valence-corrected chi connectivity index (χ3v) is 1.35. The third-order valence-electron chi connectivity index (χ3n) is 1.35. The number of hydrogen-bond donors (Lipinski definition) is 1. The molecule has 1 aliphatic rings. The maximum Gasteiger partial charge on any atom is 0.261 e. The first-order valence-corrected chi connectivity index (χ1v) is 5.43. The molecule has 0 spiro atoms. The molecule has 0 atom stereocenters. The highest BCUT2D eigenvalue weighted by atomic mass is 32.2. The van der Waals surface area contributed by atoms with Gasteiger partial charge < -0.3 is 0 Å². The third kappa shape index (κ3) is 9.83. The Morgan fingerprint density at radius 3 is 1.50 bits per heavy atom. The van der Waals surface area contributed by atoms with Crippen LogP contribution in [0, 0.1) is 0 Å². The van der Waals surface area contributed by atoms with E-state index in [1.54, 1.807) is 0 Å². The van der Waals surface area contributed by atoms with Crippen molar-refractivity contribution in [3.63, 3.8) is 0 Å². The van der Waals surface area contributed by atoms with E-state index in [9.17, 15) is 8.42 Å². The predicted molar refractivity (Wildman–Crippen MR) is 47.6 cm³/mol. The lowest BCUT2D eigenvalue weighted by Crippen LogP contribution is -2.17. The molecule has 6 heteroatoms. The Hall–Kier alpha value is -0.170. The van der Waals surface area contributed by atoms with Crippen molar-refractivity contribution in [3.05, 3.63) is 0 Å². The molecule has 1 heterocycles. The summed E-state index contributed by atoms with van der Waals surface area (Å²) in [6.45, 7) is 3.60. The molecule has 0 bridgehead atoms. The van der Waals surface area contributed by atoms with Crippen LogP contribution in [0.4, 0.5) is 0 Å². The molecule has 0 radical (unpaired) electrons. The van der Waals surface area contributed by atoms with Crippen LogP contribution in [-0.2, 0) is 10.1 Å². The summed E-state index contributed by atoms with van der Waals surface area (Å²) >= 11 is 0. The normalized spacial score (nSPS) is 20.3. The molecule has 5 nitrogen and oxygen atoms in total. The maximum atomic E-state index is 9.19. The van der Waals surface area contributed by atoms with E-state index in [-0.39, 0.29) is 0 Å². The molecule has 0 saturated carbocycles. The molecular weight excluding hydrogens is 180 g/mol. The molecule has 1 saturated heterocycles. The smallest absolute Gasteiger partial charge is 0.261 e. The summed E-state index contributed by atoms with van der Waals surface area (Å²) in [5, 5.41) is 0. The van der Waals surface area contributed by atoms with Crippen molar-refractivity contribution < 1.29 is 13.0 Å². The summed E-state index contributed by atoms with van der Waals surface area (Å²) in [6.07, 6.45) is 0.715. The molecule has 1 rings (SSSR count). The molecule has 1 fully saturated rings. The van der Waals surface area contributed by atoms with Crippen LogP contribution in [0.15, 0.2) is 0 Å². The van der Waals surface area contributed by atoms with Crippen LogP contribution >= 0.6 is 0 Å². The van der Waals surface area contributed by atoms with Crippen molar-refractivity contribution in [2.75, 3.05) is 40.1 Å². The first kappa shape index (κ1) is 11.8. The minimum absolute atomic E-state index is 0.715. The van der Waals surface area contributed by atoms with Crippen molar-refractivity contribution in [1.29, 1.82) is 0 Å². The lowest BCUT2D eigenvalue weighted by atomic mass is 10.6. The van der Waals surface area contributed by atoms with E-state index < -0.39 is 10.1 Å². The Bertz CT molecular complexity index is 199. The summed E-state index contributed by atoms with van der Waals surface area (Å²) in [7, 11) is 0.618. The van der Waals surface area contributed by atoms with Gasteiger partial charge in [-0.3, -0.25) is 14.4 Å². The molecule has 0 aliphatic carbocycles. The van der Waals surface area contributed by atoms with Gasteiger partial charge in [0.2, 0.25) is 0 Å². The highest BCUT2D eigenvalue weighted by Crippen LogP contribution is 1.95. The summed E-state index contributed by atoms with van der Waals surface area (Å²) in [6, 6.07) is 0. The first-order chi connectivity index (χ1) is 5.29. The lowest BCUT2D eigenvalue weighted by Gasteiger charge is -2.06. The molecule has 1 N–H and O–H groups in total. The second kappa shape index (κ2) is 4.76. The van der Waals surface area contributed by atoms with Gasteiger partial charge in [0.25, 0.3) is 10.1 Å². The molecule has 12 heavy (non-hydrogen) atoms. The van der Waals surface area contributed by atoms with E-state index in [0.717, 1.165) is 6.67 Å². The number of likely N-dealkylation sites (N-methyl/N-ethyl adjacent to an activating group) is 2. The maximum absolute atomic E-state index is 9.19. The molecular formula is C6H16N2O3S. The van der Waals surface area contributed by atoms with Gasteiger partial charge in [0.15, 0.2) is 0 Å². The van der Waals surface area contributed by atoms with E-state index in [4.69, 9.17) is 4.55 Å². The van der Waals surface area contributed by atoms with Crippen molar-refractivity contribution >= 4 is 10.1 Å². The average Bonchev–Trinajstić information content (AvgIpc) is 2.09. The van der Waals surface area contributed by atoms with Gasteiger partial charge in [-0.25, -0.2) is 0 Å². The van der Waals surface area contributed by atoms with Crippen LogP contribution < -0.4 is 0 Å². The van der Waals surface area contributed by atoms with Crippen LogP contribution in [0.1, 0.15) is 0 Å². The van der Waals surface area contributed by atoms with Gasteiger partial charge in [0, 0.05) is 13.1 Å². The molecule has 0 aromatic rings. The first-order valence-electron chi connectivity index (χ1n) is 3.58. The van der Waals surface area contributed by atoms with E-state index in [1.807, 2.05) is 0 Å². The van der Waals surface area contributed by atoms with Crippen molar-refractivity contribution in [3.8, 4) is 0 Å². The Labute approximate surface area is 73.7 Å². The van der Waals surface area contributed by atoms with E-state index in [2.05, 4.69) is 23.9 Å². The van der Waals surface area contributed by atoms with E-state index >= 15 is 0 Å². The largest absolute Gasteiger partial charge is 0.292 e. The van der Waals surface area contributed by atoms with Gasteiger partial charge in [0.05, 0.1) is 12.9 Å². The summed E-state index contributed by atoms with van der Waals surface area (Å²) < 4.78 is 25.9. The summed E-state index contributed by atoms with van der Waals surface area (Å²) in [5.41, 5.74) is 0. The fourth-order valence-corrected chi connectivity index (χ4v) is 0.895. The fourth-order valence-electron chi connectivity index (χ4n) is 0.895. The quantitative estimate of drug-likeness (QED) is 0.520. The lowest BCUT2D eigenvalue weighted by molar-refractivity contribution is 0.318. The number of nitrogens with zero attached hydrogens (tertiary/aromatic N) is 2. The van der Waals surface area contributed by atoms with Crippen molar-refractivity contribution in [2.45, 2.75) is 0 Å². The second-order valence-corrected chi connectivity index (χ2v) is 4.50. The summed E-state index contributed by atoms with van der Waals surface area (Å²) in [4.78, 5) is 4.61. The zero-order chi connectivity index (χ0) is 9.78. The van der Waals surface area contributed by atoms with E-state index in [0.29, 0.717) is 6.26 Å². The van der Waals surface area contributed by atoms with Gasteiger partial charge in [-0.2, -0.15) is 8.42 Å². The predicted octanol–water partition coefficient (Wildman–Crippen LogP) is -0.675. The standard InChI is InChI=1S/C5H12N2.CH4O3S/c1-6-3-4-7(2)5-6;1-5(2,3)4/h3-5H2,1-2H3;1H3,(H,2,3,4). The van der Waals surface area contributed by atoms with Crippen molar-refractivity contribution in [2.24, 2.45) is 0 Å². The topological polar surface area (TPSA) is 60.9 Å². The van der Waals surface area contributed by atoms with Gasteiger partial charge in [-0.1, -0.05) is 0 Å². The van der Waals surface area contributed by atoms with E-state index in [1.165, 1.54) is 13.1 Å². The van der Waals surface area contributed by atoms with Gasteiger partial charge in [-0.05, 0) is 14.1 Å². The van der Waals surface area contributed by atoms with Crippen LogP contribution in [0.2, 0.25) is 0 Å². The monoisotopic (exact) mass is 196 g/mol. The molecule has 0 aromatic carbocycles. The highest BCUT2D eigenvalue weighted by Gasteiger charge is 2.09. The average molecular weight is 196 g/mol. The minimum Gasteiger partial charge on any atom is -0.292 e. The Morgan fingerprint density at radius 1 is 1.17 bits per heavy atom. The molecule has 74 valence electrons. The molecule has 0 aromatic heterocycles.